The van der Waals surface area contributed by atoms with Gasteiger partial charge in [0.05, 0.1) is 19.2 Å². The van der Waals surface area contributed by atoms with Crippen molar-refractivity contribution >= 4 is 16.8 Å². The zero-order chi connectivity index (χ0) is 20.4. The minimum Gasteiger partial charge on any atom is -0.497 e. The predicted octanol–water partition coefficient (Wildman–Crippen LogP) is 4.26. The summed E-state index contributed by atoms with van der Waals surface area (Å²) < 4.78 is 18.9. The Labute approximate surface area is 168 Å². The maximum atomic E-state index is 13.7. The molecule has 1 saturated carbocycles. The van der Waals surface area contributed by atoms with E-state index in [-0.39, 0.29) is 24.1 Å². The number of amides is 1. The molecule has 29 heavy (non-hydrogen) atoms. The summed E-state index contributed by atoms with van der Waals surface area (Å²) in [5.41, 5.74) is 1.26. The van der Waals surface area contributed by atoms with Crippen molar-refractivity contribution in [3.63, 3.8) is 0 Å². The third kappa shape index (κ3) is 4.01. The average molecular weight is 394 g/mol. The van der Waals surface area contributed by atoms with Gasteiger partial charge in [0.2, 0.25) is 0 Å². The highest BCUT2D eigenvalue weighted by molar-refractivity contribution is 5.94. The van der Waals surface area contributed by atoms with Crippen LogP contribution in [0.15, 0.2) is 53.3 Å². The number of nitrogens with one attached hydrogen (secondary N) is 1. The number of aromatic amines is 1. The zero-order valence-electron chi connectivity index (χ0n) is 16.3. The van der Waals surface area contributed by atoms with Crippen LogP contribution >= 0.6 is 0 Å². The van der Waals surface area contributed by atoms with Crippen molar-refractivity contribution in [3.8, 4) is 5.75 Å². The number of halogens is 1. The van der Waals surface area contributed by atoms with E-state index < -0.39 is 5.82 Å². The lowest BCUT2D eigenvalue weighted by Crippen LogP contribution is -2.39. The predicted molar refractivity (Wildman–Crippen MR) is 110 cm³/mol. The molecule has 0 aliphatic heterocycles. The molecule has 0 bridgehead atoms. The fourth-order valence-corrected chi connectivity index (χ4v) is 4.02. The molecule has 1 aliphatic carbocycles. The van der Waals surface area contributed by atoms with Gasteiger partial charge in [-0.25, -0.2) is 4.39 Å². The highest BCUT2D eigenvalue weighted by Gasteiger charge is 2.28. The number of carbonyl (C=O) groups excluding carboxylic acids is 1. The molecule has 0 unspecified atom stereocenters. The van der Waals surface area contributed by atoms with Gasteiger partial charge in [0, 0.05) is 23.2 Å². The number of rotatable bonds is 5. The van der Waals surface area contributed by atoms with Crippen molar-refractivity contribution in [2.24, 2.45) is 0 Å². The van der Waals surface area contributed by atoms with Crippen molar-refractivity contribution < 1.29 is 13.9 Å². The molecule has 0 spiro atoms. The molecule has 4 rings (SSSR count). The summed E-state index contributed by atoms with van der Waals surface area (Å²) in [5.74, 6) is -0.0277. The van der Waals surface area contributed by atoms with Gasteiger partial charge in [-0.3, -0.25) is 9.59 Å². The first kappa shape index (κ1) is 19.2. The lowest BCUT2D eigenvalue weighted by Gasteiger charge is -2.29. The Hall–Kier alpha value is -3.15. The average Bonchev–Trinajstić information content (AvgIpc) is 3.26. The molecule has 3 aromatic rings. The zero-order valence-corrected chi connectivity index (χ0v) is 16.3. The topological polar surface area (TPSA) is 62.4 Å². The minimum atomic E-state index is -0.445. The smallest absolute Gasteiger partial charge is 0.254 e. The number of H-pyrrole nitrogens is 1. The second kappa shape index (κ2) is 8.07. The van der Waals surface area contributed by atoms with E-state index in [0.717, 1.165) is 31.1 Å². The van der Waals surface area contributed by atoms with Gasteiger partial charge in [-0.15, -0.1) is 0 Å². The molecule has 0 radical (unpaired) electrons. The first-order chi connectivity index (χ1) is 14.0. The number of fused-ring (bicyclic) bond motifs is 1. The maximum Gasteiger partial charge on any atom is 0.254 e. The molecule has 6 heteroatoms. The van der Waals surface area contributed by atoms with Crippen LogP contribution in [0.4, 0.5) is 4.39 Å². The SMILES string of the molecule is COc1ccc2cc(CN(C(=O)c3cccc(F)c3)C3CCCC3)c(=O)[nH]c2c1. The molecule has 2 aromatic carbocycles. The number of pyridine rings is 1. The number of benzene rings is 2. The van der Waals surface area contributed by atoms with E-state index in [2.05, 4.69) is 4.98 Å². The first-order valence-electron chi connectivity index (χ1n) is 9.81. The molecule has 150 valence electrons. The normalized spacial score (nSPS) is 14.3. The van der Waals surface area contributed by atoms with Crippen LogP contribution in [0.25, 0.3) is 10.9 Å². The summed E-state index contributed by atoms with van der Waals surface area (Å²) in [5, 5.41) is 0.866. The van der Waals surface area contributed by atoms with Gasteiger partial charge in [-0.2, -0.15) is 0 Å². The first-order valence-corrected chi connectivity index (χ1v) is 9.81. The molecule has 1 aromatic heterocycles. The summed E-state index contributed by atoms with van der Waals surface area (Å²) in [6.45, 7) is 0.192. The van der Waals surface area contributed by atoms with Crippen molar-refractivity contribution in [2.75, 3.05) is 7.11 Å². The molecule has 1 fully saturated rings. The van der Waals surface area contributed by atoms with Crippen molar-refractivity contribution in [1.29, 1.82) is 0 Å². The molecule has 5 nitrogen and oxygen atoms in total. The number of hydrogen-bond acceptors (Lipinski definition) is 3. The summed E-state index contributed by atoms with van der Waals surface area (Å²) >= 11 is 0. The number of carbonyl (C=O) groups is 1. The van der Waals surface area contributed by atoms with Gasteiger partial charge < -0.3 is 14.6 Å². The highest BCUT2D eigenvalue weighted by atomic mass is 19.1. The minimum absolute atomic E-state index is 0.0525. The van der Waals surface area contributed by atoms with E-state index in [4.69, 9.17) is 4.74 Å². The number of aromatic nitrogens is 1. The van der Waals surface area contributed by atoms with Crippen LogP contribution in [0, 0.1) is 5.82 Å². The summed E-state index contributed by atoms with van der Waals surface area (Å²) in [7, 11) is 1.57. The Balaban J connectivity index is 1.69. The Morgan fingerprint density at radius 2 is 1.97 bits per heavy atom. The lowest BCUT2D eigenvalue weighted by atomic mass is 10.1. The second-order valence-electron chi connectivity index (χ2n) is 7.46. The third-order valence-corrected chi connectivity index (χ3v) is 5.57. The van der Waals surface area contributed by atoms with Gasteiger partial charge >= 0.3 is 0 Å². The number of methoxy groups -OCH3 is 1. The Morgan fingerprint density at radius 1 is 1.17 bits per heavy atom. The molecule has 1 amide bonds. The molecular formula is C23H23FN2O3. The van der Waals surface area contributed by atoms with Crippen LogP contribution in [0.1, 0.15) is 41.6 Å². The lowest BCUT2D eigenvalue weighted by molar-refractivity contribution is 0.0663. The second-order valence-corrected chi connectivity index (χ2v) is 7.46. The molecule has 0 saturated heterocycles. The van der Waals surface area contributed by atoms with Gasteiger partial charge in [0.25, 0.3) is 11.5 Å². The largest absolute Gasteiger partial charge is 0.497 e. The summed E-state index contributed by atoms with van der Waals surface area (Å²) in [6, 6.07) is 13.1. The quantitative estimate of drug-likeness (QED) is 0.703. The van der Waals surface area contributed by atoms with E-state index in [9.17, 15) is 14.0 Å². The number of nitrogens with zero attached hydrogens (tertiary/aromatic N) is 1. The van der Waals surface area contributed by atoms with Crippen molar-refractivity contribution in [1.82, 2.24) is 9.88 Å². The van der Waals surface area contributed by atoms with Gasteiger partial charge in [-0.1, -0.05) is 18.9 Å². The van der Waals surface area contributed by atoms with E-state index in [1.165, 1.54) is 18.2 Å². The fraction of sp³-hybridized carbons (Fsp3) is 0.304. The Kier molecular flexibility index (Phi) is 5.34. The van der Waals surface area contributed by atoms with Crippen LogP contribution in [0.3, 0.4) is 0 Å². The molecule has 1 heterocycles. The summed E-state index contributed by atoms with van der Waals surface area (Å²) in [6.07, 6.45) is 3.88. The number of hydrogen-bond donors (Lipinski definition) is 1. The Bertz CT molecular complexity index is 1100. The molecule has 1 aliphatic rings. The fourth-order valence-electron chi connectivity index (χ4n) is 4.02. The van der Waals surface area contributed by atoms with E-state index >= 15 is 0 Å². The van der Waals surface area contributed by atoms with Crippen molar-refractivity contribution in [3.05, 3.63) is 75.8 Å². The van der Waals surface area contributed by atoms with Crippen molar-refractivity contribution in [2.45, 2.75) is 38.3 Å². The van der Waals surface area contributed by atoms with Gasteiger partial charge in [-0.05, 0) is 54.6 Å². The molecule has 0 atom stereocenters. The van der Waals surface area contributed by atoms with Gasteiger partial charge in [0.15, 0.2) is 0 Å². The van der Waals surface area contributed by atoms with E-state index in [1.807, 2.05) is 18.2 Å². The van der Waals surface area contributed by atoms with E-state index in [1.54, 1.807) is 24.1 Å². The van der Waals surface area contributed by atoms with Crippen LogP contribution < -0.4 is 10.3 Å². The van der Waals surface area contributed by atoms with E-state index in [0.29, 0.717) is 22.4 Å². The monoisotopic (exact) mass is 394 g/mol. The van der Waals surface area contributed by atoms with Crippen LogP contribution in [0.5, 0.6) is 5.75 Å². The molecular weight excluding hydrogens is 371 g/mol. The third-order valence-electron chi connectivity index (χ3n) is 5.57. The van der Waals surface area contributed by atoms with Crippen LogP contribution in [-0.4, -0.2) is 28.9 Å². The molecule has 1 N–H and O–H groups in total. The van der Waals surface area contributed by atoms with Crippen LogP contribution in [0.2, 0.25) is 0 Å². The maximum absolute atomic E-state index is 13.7. The van der Waals surface area contributed by atoms with Crippen LogP contribution in [-0.2, 0) is 6.54 Å². The van der Waals surface area contributed by atoms with Gasteiger partial charge in [0.1, 0.15) is 11.6 Å². The number of ether oxygens (including phenoxy) is 1. The Morgan fingerprint density at radius 3 is 2.69 bits per heavy atom. The standard InChI is InChI=1S/C23H23FN2O3/c1-29-20-10-9-15-11-17(22(27)25-21(15)13-20)14-26(19-7-2-3-8-19)23(28)16-5-4-6-18(24)12-16/h4-6,9-13,19H,2-3,7-8,14H2,1H3,(H,25,27). The highest BCUT2D eigenvalue weighted by Crippen LogP contribution is 2.27. The summed E-state index contributed by atoms with van der Waals surface area (Å²) in [4.78, 5) is 30.5.